The molecule has 0 saturated heterocycles. The number of carbonyl (C=O) groups excluding carboxylic acids is 1. The van der Waals surface area contributed by atoms with E-state index in [1.807, 2.05) is 18.2 Å². The number of benzene rings is 1. The molecule has 0 aromatic heterocycles. The Morgan fingerprint density at radius 2 is 2.07 bits per heavy atom. The summed E-state index contributed by atoms with van der Waals surface area (Å²) in [5.74, 6) is 1.82. The number of halogens is 1. The molecule has 5 heteroatoms. The third-order valence-corrected chi connectivity index (χ3v) is 6.63. The van der Waals surface area contributed by atoms with Crippen LogP contribution in [0.1, 0.15) is 56.9 Å². The Hall–Kier alpha value is -1.68. The SMILES string of the molecule is COc1ccc(CCC2(C3CCCC3)CC3=C(CCCO3)C(=O)O2)cc1Cl. The van der Waals surface area contributed by atoms with Gasteiger partial charge in [-0.25, -0.2) is 4.79 Å². The van der Waals surface area contributed by atoms with Crippen LogP contribution in [-0.4, -0.2) is 25.3 Å². The largest absolute Gasteiger partial charge is 0.497 e. The van der Waals surface area contributed by atoms with Crippen LogP contribution in [-0.2, 0) is 20.7 Å². The molecule has 1 atom stereocenters. The highest BCUT2D eigenvalue weighted by Gasteiger charge is 2.48. The van der Waals surface area contributed by atoms with E-state index in [-0.39, 0.29) is 5.97 Å². The average Bonchev–Trinajstić information content (AvgIpc) is 3.22. The maximum atomic E-state index is 12.8. The van der Waals surface area contributed by atoms with Gasteiger partial charge in [0.1, 0.15) is 17.1 Å². The summed E-state index contributed by atoms with van der Waals surface area (Å²) in [5, 5.41) is 0.617. The number of rotatable bonds is 5. The number of methoxy groups -OCH3 is 1. The van der Waals surface area contributed by atoms with Gasteiger partial charge in [0, 0.05) is 6.42 Å². The summed E-state index contributed by atoms with van der Waals surface area (Å²) in [7, 11) is 1.62. The molecule has 146 valence electrons. The van der Waals surface area contributed by atoms with Crippen LogP contribution in [0.3, 0.4) is 0 Å². The first-order valence-electron chi connectivity index (χ1n) is 10.0. The minimum absolute atomic E-state index is 0.157. The van der Waals surface area contributed by atoms with E-state index in [1.54, 1.807) is 7.11 Å². The molecule has 0 radical (unpaired) electrons. The Bertz CT molecular complexity index is 751. The molecular weight excluding hydrogens is 364 g/mol. The standard InChI is InChI=1S/C22H27ClO4/c1-25-19-9-8-15(13-18(19)23)10-11-22(16-5-2-3-6-16)14-20-17(21(24)27-22)7-4-12-26-20/h8-9,13,16H,2-7,10-12,14H2,1H3. The second-order valence-electron chi connectivity index (χ2n) is 7.94. The van der Waals surface area contributed by atoms with Crippen molar-refractivity contribution >= 4 is 17.6 Å². The van der Waals surface area contributed by atoms with E-state index in [0.717, 1.165) is 61.8 Å². The number of carbonyl (C=O) groups is 1. The zero-order valence-corrected chi connectivity index (χ0v) is 16.6. The van der Waals surface area contributed by atoms with Gasteiger partial charge in [-0.2, -0.15) is 0 Å². The number of aryl methyl sites for hydroxylation is 1. The number of ether oxygens (including phenoxy) is 3. The molecule has 2 aliphatic heterocycles. The lowest BCUT2D eigenvalue weighted by Crippen LogP contribution is -2.47. The molecule has 0 amide bonds. The third-order valence-electron chi connectivity index (χ3n) is 6.34. The lowest BCUT2D eigenvalue weighted by atomic mass is 9.76. The topological polar surface area (TPSA) is 44.8 Å². The Labute approximate surface area is 165 Å². The van der Waals surface area contributed by atoms with Gasteiger partial charge in [0.25, 0.3) is 0 Å². The van der Waals surface area contributed by atoms with Crippen molar-refractivity contribution in [2.24, 2.45) is 5.92 Å². The Balaban J connectivity index is 1.57. The monoisotopic (exact) mass is 390 g/mol. The summed E-state index contributed by atoms with van der Waals surface area (Å²) in [6, 6.07) is 5.90. The van der Waals surface area contributed by atoms with Crippen molar-refractivity contribution < 1.29 is 19.0 Å². The van der Waals surface area contributed by atoms with Crippen molar-refractivity contribution in [2.45, 2.75) is 63.4 Å². The second-order valence-corrected chi connectivity index (χ2v) is 8.34. The van der Waals surface area contributed by atoms with Crippen LogP contribution >= 0.6 is 11.6 Å². The normalized spacial score (nSPS) is 25.8. The average molecular weight is 391 g/mol. The van der Waals surface area contributed by atoms with Gasteiger partial charge in [0.05, 0.1) is 24.3 Å². The summed E-state index contributed by atoms with van der Waals surface area (Å²) in [6.07, 6.45) is 8.69. The second kappa shape index (κ2) is 7.75. The van der Waals surface area contributed by atoms with Crippen molar-refractivity contribution in [2.75, 3.05) is 13.7 Å². The molecule has 1 fully saturated rings. The number of cyclic esters (lactones) is 1. The van der Waals surface area contributed by atoms with Gasteiger partial charge >= 0.3 is 5.97 Å². The lowest BCUT2D eigenvalue weighted by Gasteiger charge is -2.43. The fraction of sp³-hybridized carbons (Fsp3) is 0.591. The molecule has 0 bridgehead atoms. The molecule has 1 unspecified atom stereocenters. The van der Waals surface area contributed by atoms with E-state index >= 15 is 0 Å². The van der Waals surface area contributed by atoms with E-state index < -0.39 is 5.60 Å². The molecule has 4 nitrogen and oxygen atoms in total. The van der Waals surface area contributed by atoms with Gasteiger partial charge < -0.3 is 14.2 Å². The fourth-order valence-electron chi connectivity index (χ4n) is 4.84. The predicted molar refractivity (Wildman–Crippen MR) is 104 cm³/mol. The quantitative estimate of drug-likeness (QED) is 0.646. The Morgan fingerprint density at radius 3 is 2.81 bits per heavy atom. The highest BCUT2D eigenvalue weighted by atomic mass is 35.5. The minimum atomic E-state index is -0.448. The van der Waals surface area contributed by atoms with Gasteiger partial charge in [-0.05, 0) is 62.1 Å². The van der Waals surface area contributed by atoms with Crippen molar-refractivity contribution in [3.05, 3.63) is 40.1 Å². The van der Waals surface area contributed by atoms with Crippen molar-refractivity contribution in [3.8, 4) is 5.75 Å². The van der Waals surface area contributed by atoms with Crippen LogP contribution in [0, 0.1) is 5.92 Å². The van der Waals surface area contributed by atoms with Crippen LogP contribution in [0.25, 0.3) is 0 Å². The van der Waals surface area contributed by atoms with E-state index in [9.17, 15) is 4.79 Å². The minimum Gasteiger partial charge on any atom is -0.497 e. The number of hydrogen-bond acceptors (Lipinski definition) is 4. The van der Waals surface area contributed by atoms with Crippen LogP contribution in [0.2, 0.25) is 5.02 Å². The van der Waals surface area contributed by atoms with Crippen molar-refractivity contribution in [1.82, 2.24) is 0 Å². The van der Waals surface area contributed by atoms with Gasteiger partial charge in [-0.1, -0.05) is 30.5 Å². The molecule has 3 aliphatic rings. The number of esters is 1. The highest BCUT2D eigenvalue weighted by molar-refractivity contribution is 6.32. The van der Waals surface area contributed by atoms with Gasteiger partial charge in [0.2, 0.25) is 0 Å². The molecule has 0 N–H and O–H groups in total. The first-order valence-corrected chi connectivity index (χ1v) is 10.4. The molecule has 2 heterocycles. The van der Waals surface area contributed by atoms with Crippen molar-refractivity contribution in [1.29, 1.82) is 0 Å². The maximum Gasteiger partial charge on any atom is 0.337 e. The fourth-order valence-corrected chi connectivity index (χ4v) is 5.12. The predicted octanol–water partition coefficient (Wildman–Crippen LogP) is 5.22. The van der Waals surface area contributed by atoms with Crippen molar-refractivity contribution in [3.63, 3.8) is 0 Å². The summed E-state index contributed by atoms with van der Waals surface area (Å²) < 4.78 is 17.3. The first kappa shape index (κ1) is 18.7. The molecule has 1 aliphatic carbocycles. The summed E-state index contributed by atoms with van der Waals surface area (Å²) in [6.45, 7) is 0.709. The van der Waals surface area contributed by atoms with Crippen LogP contribution in [0.5, 0.6) is 5.75 Å². The van der Waals surface area contributed by atoms with Gasteiger partial charge in [0.15, 0.2) is 0 Å². The van der Waals surface area contributed by atoms with Gasteiger partial charge in [-0.3, -0.25) is 0 Å². The number of hydrogen-bond donors (Lipinski definition) is 0. The van der Waals surface area contributed by atoms with Crippen LogP contribution < -0.4 is 4.74 Å². The van der Waals surface area contributed by atoms with E-state index in [1.165, 1.54) is 12.8 Å². The van der Waals surface area contributed by atoms with Gasteiger partial charge in [-0.15, -0.1) is 0 Å². The smallest absolute Gasteiger partial charge is 0.337 e. The summed E-state index contributed by atoms with van der Waals surface area (Å²) in [4.78, 5) is 12.8. The maximum absolute atomic E-state index is 12.8. The molecule has 0 spiro atoms. The summed E-state index contributed by atoms with van der Waals surface area (Å²) >= 11 is 6.29. The molecule has 27 heavy (non-hydrogen) atoms. The molecule has 1 aromatic carbocycles. The van der Waals surface area contributed by atoms with E-state index in [0.29, 0.717) is 23.3 Å². The molecular formula is C22H27ClO4. The zero-order chi connectivity index (χ0) is 18.9. The molecule has 1 saturated carbocycles. The highest BCUT2D eigenvalue weighted by Crippen LogP contribution is 2.47. The van der Waals surface area contributed by atoms with Crippen LogP contribution in [0.15, 0.2) is 29.5 Å². The Morgan fingerprint density at radius 1 is 1.26 bits per heavy atom. The van der Waals surface area contributed by atoms with E-state index in [4.69, 9.17) is 25.8 Å². The molecule has 4 rings (SSSR count). The van der Waals surface area contributed by atoms with Crippen LogP contribution in [0.4, 0.5) is 0 Å². The lowest BCUT2D eigenvalue weighted by molar-refractivity contribution is -0.169. The first-order chi connectivity index (χ1) is 13.1. The molecule has 1 aromatic rings. The van der Waals surface area contributed by atoms with E-state index in [2.05, 4.69) is 0 Å². The summed E-state index contributed by atoms with van der Waals surface area (Å²) in [5.41, 5.74) is 1.46. The zero-order valence-electron chi connectivity index (χ0n) is 15.9. The third kappa shape index (κ3) is 3.69. The Kier molecular flexibility index (Phi) is 5.36.